The Morgan fingerprint density at radius 2 is 1.85 bits per heavy atom. The van der Waals surface area contributed by atoms with Crippen LogP contribution < -0.4 is 15.5 Å². The molecule has 1 atom stereocenters. The van der Waals surface area contributed by atoms with E-state index in [1.807, 2.05) is 20.8 Å². The Bertz CT molecular complexity index is 871. The quantitative estimate of drug-likeness (QED) is 0.505. The molecule has 0 radical (unpaired) electrons. The Kier molecular flexibility index (Phi) is 12.6. The monoisotopic (exact) mass is 480 g/mol. The summed E-state index contributed by atoms with van der Waals surface area (Å²) in [6.45, 7) is 14.7. The fraction of sp³-hybridized carbons (Fsp3) is 0.583. The van der Waals surface area contributed by atoms with Gasteiger partial charge in [-0.05, 0) is 48.9 Å². The number of anilines is 1. The molecule has 1 aliphatic heterocycles. The van der Waals surface area contributed by atoms with Gasteiger partial charge in [-0.25, -0.2) is 9.00 Å². The molecule has 1 aromatic carbocycles. The molecule has 0 aliphatic carbocycles. The molecule has 33 heavy (non-hydrogen) atoms. The zero-order valence-corrected chi connectivity index (χ0v) is 21.9. The second-order valence-electron chi connectivity index (χ2n) is 7.66. The van der Waals surface area contributed by atoms with Gasteiger partial charge in [-0.2, -0.15) is 0 Å². The number of benzene rings is 1. The lowest BCUT2D eigenvalue weighted by Crippen LogP contribution is -2.44. The molecule has 0 aromatic heterocycles. The normalized spacial score (nSPS) is 15.1. The molecule has 9 heteroatoms. The van der Waals surface area contributed by atoms with Crippen molar-refractivity contribution in [2.75, 3.05) is 18.5 Å². The summed E-state index contributed by atoms with van der Waals surface area (Å²) in [5.74, 6) is -0.00197. The van der Waals surface area contributed by atoms with Gasteiger partial charge in [-0.3, -0.25) is 20.0 Å². The average molecular weight is 481 g/mol. The van der Waals surface area contributed by atoms with Crippen molar-refractivity contribution in [1.82, 2.24) is 15.2 Å². The van der Waals surface area contributed by atoms with E-state index in [0.29, 0.717) is 13.2 Å². The number of amides is 3. The summed E-state index contributed by atoms with van der Waals surface area (Å²) < 4.78 is 20.5. The second kappa shape index (κ2) is 14.6. The van der Waals surface area contributed by atoms with Gasteiger partial charge in [-0.1, -0.05) is 46.6 Å². The van der Waals surface area contributed by atoms with Gasteiger partial charge in [-0.15, -0.1) is 0 Å². The summed E-state index contributed by atoms with van der Waals surface area (Å²) in [5.41, 5.74) is 7.92. The summed E-state index contributed by atoms with van der Waals surface area (Å²) in [6.07, 6.45) is 4.48. The third-order valence-electron chi connectivity index (χ3n) is 5.02. The fourth-order valence-electron chi connectivity index (χ4n) is 3.65. The van der Waals surface area contributed by atoms with Crippen LogP contribution in [0.4, 0.5) is 10.5 Å². The molecule has 0 bridgehead atoms. The molecular weight excluding hydrogens is 440 g/mol. The van der Waals surface area contributed by atoms with Crippen molar-refractivity contribution in [3.63, 3.8) is 0 Å². The minimum Gasteiger partial charge on any atom is -0.477 e. The standard InChI is InChI=1S/C22H34N4O4S.C2H6/c1-6-9-18-13-15(3)19(10-7-2)21(16(18)4)23-22(28)25-31(29)14-20-26(24-17(5)27)11-8-12-30-20;1-2/h13-14H,6-12H2,1-5H3,(H,24,27)(H2,23,25,28);1-2H3/b20-14-;. The zero-order chi connectivity index (χ0) is 25.0. The van der Waals surface area contributed by atoms with Crippen molar-refractivity contribution in [2.45, 2.75) is 80.6 Å². The summed E-state index contributed by atoms with van der Waals surface area (Å²) in [4.78, 5) is 24.0. The average Bonchev–Trinajstić information content (AvgIpc) is 2.76. The molecule has 8 nitrogen and oxygen atoms in total. The van der Waals surface area contributed by atoms with E-state index in [2.05, 4.69) is 42.3 Å². The molecule has 0 spiro atoms. The lowest BCUT2D eigenvalue weighted by atomic mass is 9.92. The van der Waals surface area contributed by atoms with E-state index in [4.69, 9.17) is 4.74 Å². The third-order valence-corrected chi connectivity index (χ3v) is 5.82. The van der Waals surface area contributed by atoms with Crippen molar-refractivity contribution < 1.29 is 18.5 Å². The van der Waals surface area contributed by atoms with Crippen LogP contribution in [0.2, 0.25) is 0 Å². The molecule has 1 aromatic rings. The molecule has 1 aliphatic rings. The number of urea groups is 1. The third kappa shape index (κ3) is 8.72. The van der Waals surface area contributed by atoms with Crippen LogP contribution in [0.1, 0.15) is 76.1 Å². The van der Waals surface area contributed by atoms with Crippen molar-refractivity contribution in [2.24, 2.45) is 0 Å². The number of rotatable bonds is 8. The second-order valence-corrected chi connectivity index (χ2v) is 8.70. The van der Waals surface area contributed by atoms with Crippen molar-refractivity contribution >= 4 is 28.6 Å². The van der Waals surface area contributed by atoms with E-state index in [1.54, 1.807) is 0 Å². The van der Waals surface area contributed by atoms with Crippen LogP contribution in [0, 0.1) is 13.8 Å². The van der Waals surface area contributed by atoms with E-state index in [0.717, 1.165) is 54.5 Å². The molecule has 186 valence electrons. The summed E-state index contributed by atoms with van der Waals surface area (Å²) in [5, 5.41) is 5.69. The summed E-state index contributed by atoms with van der Waals surface area (Å²) >= 11 is 0. The number of hydrazine groups is 1. The predicted molar refractivity (Wildman–Crippen MR) is 135 cm³/mol. The van der Waals surface area contributed by atoms with E-state index >= 15 is 0 Å². The SMILES string of the molecule is CC.CCCc1cc(C)c(CCC)c(NC(=O)NS(=O)/C=C2\OCCCN2NC(C)=O)c1C. The molecular formula is C24H40N4O4S. The van der Waals surface area contributed by atoms with E-state index in [9.17, 15) is 13.8 Å². The van der Waals surface area contributed by atoms with Gasteiger partial charge in [0.25, 0.3) is 0 Å². The van der Waals surface area contributed by atoms with Crippen LogP contribution in [-0.2, 0) is 33.4 Å². The Labute approximate surface area is 201 Å². The van der Waals surface area contributed by atoms with Gasteiger partial charge < -0.3 is 10.1 Å². The Morgan fingerprint density at radius 1 is 1.18 bits per heavy atom. The first kappa shape index (κ1) is 28.5. The summed E-state index contributed by atoms with van der Waals surface area (Å²) in [7, 11) is -1.83. The maximum absolute atomic E-state index is 12.6. The Hall–Kier alpha value is -2.55. The number of nitrogens with zero attached hydrogens (tertiary/aromatic N) is 1. The lowest BCUT2D eigenvalue weighted by molar-refractivity contribution is -0.125. The maximum atomic E-state index is 12.6. The summed E-state index contributed by atoms with van der Waals surface area (Å²) in [6, 6.07) is 1.65. The molecule has 1 unspecified atom stereocenters. The van der Waals surface area contributed by atoms with Gasteiger partial charge in [0, 0.05) is 25.6 Å². The van der Waals surface area contributed by atoms with Gasteiger partial charge in [0.05, 0.1) is 12.0 Å². The van der Waals surface area contributed by atoms with E-state index in [-0.39, 0.29) is 11.8 Å². The number of aryl methyl sites for hydroxylation is 2. The van der Waals surface area contributed by atoms with Gasteiger partial charge in [0.2, 0.25) is 11.8 Å². The molecule has 1 heterocycles. The maximum Gasteiger partial charge on any atom is 0.331 e. The number of ether oxygens (including phenoxy) is 1. The number of hydrogen-bond acceptors (Lipinski definition) is 5. The molecule has 1 saturated heterocycles. The molecule has 2 rings (SSSR count). The van der Waals surface area contributed by atoms with Crippen LogP contribution in [0.5, 0.6) is 0 Å². The van der Waals surface area contributed by atoms with Gasteiger partial charge in [0.15, 0.2) is 11.0 Å². The van der Waals surface area contributed by atoms with Crippen LogP contribution in [-0.4, -0.2) is 34.3 Å². The van der Waals surface area contributed by atoms with Crippen LogP contribution in [0.15, 0.2) is 17.4 Å². The van der Waals surface area contributed by atoms with E-state index in [1.165, 1.54) is 22.9 Å². The molecule has 3 amide bonds. The minimum absolute atomic E-state index is 0.253. The van der Waals surface area contributed by atoms with Crippen molar-refractivity contribution in [1.29, 1.82) is 0 Å². The molecule has 0 saturated carbocycles. The van der Waals surface area contributed by atoms with Crippen molar-refractivity contribution in [3.05, 3.63) is 39.6 Å². The number of nitrogens with one attached hydrogen (secondary N) is 3. The smallest absolute Gasteiger partial charge is 0.331 e. The van der Waals surface area contributed by atoms with Gasteiger partial charge >= 0.3 is 6.03 Å². The highest BCUT2D eigenvalue weighted by atomic mass is 32.2. The van der Waals surface area contributed by atoms with E-state index < -0.39 is 17.0 Å². The first-order valence-electron chi connectivity index (χ1n) is 11.8. The number of carbonyl (C=O) groups is 2. The topological polar surface area (TPSA) is 99.8 Å². The highest BCUT2D eigenvalue weighted by molar-refractivity contribution is 7.86. The number of hydrogen-bond donors (Lipinski definition) is 3. The number of carbonyl (C=O) groups excluding carboxylic acids is 2. The minimum atomic E-state index is -1.83. The highest BCUT2D eigenvalue weighted by Gasteiger charge is 2.20. The van der Waals surface area contributed by atoms with Crippen molar-refractivity contribution in [3.8, 4) is 0 Å². The Morgan fingerprint density at radius 3 is 2.45 bits per heavy atom. The highest BCUT2D eigenvalue weighted by Crippen LogP contribution is 2.29. The van der Waals surface area contributed by atoms with Crippen LogP contribution in [0.3, 0.4) is 0 Å². The van der Waals surface area contributed by atoms with Crippen LogP contribution in [0.25, 0.3) is 0 Å². The fourth-order valence-corrected chi connectivity index (χ4v) is 4.32. The Balaban J connectivity index is 0.00000265. The van der Waals surface area contributed by atoms with Crippen LogP contribution >= 0.6 is 0 Å². The first-order chi connectivity index (χ1) is 15.8. The van der Waals surface area contributed by atoms with Gasteiger partial charge in [0.1, 0.15) is 0 Å². The molecule has 1 fully saturated rings. The lowest BCUT2D eigenvalue weighted by Gasteiger charge is -2.30. The molecule has 3 N–H and O–H groups in total. The zero-order valence-electron chi connectivity index (χ0n) is 21.1. The predicted octanol–water partition coefficient (Wildman–Crippen LogP) is 4.59. The largest absolute Gasteiger partial charge is 0.477 e. The first-order valence-corrected chi connectivity index (χ1v) is 13.0.